The first-order valence-electron chi connectivity index (χ1n) is 5.90. The predicted molar refractivity (Wildman–Crippen MR) is 66.3 cm³/mol. The zero-order valence-corrected chi connectivity index (χ0v) is 10.8. The number of hydrogen-bond acceptors (Lipinski definition) is 3. The number of rotatable bonds is 7. The molecule has 1 atom stereocenters. The Labute approximate surface area is 103 Å². The van der Waals surface area contributed by atoms with E-state index in [9.17, 15) is 0 Å². The number of aliphatic hydroxyl groups is 1. The van der Waals surface area contributed by atoms with Gasteiger partial charge in [0.1, 0.15) is 12.6 Å². The number of quaternary nitrogens is 1. The zero-order chi connectivity index (χ0) is 12.7. The summed E-state index contributed by atoms with van der Waals surface area (Å²) >= 11 is 0. The SMILES string of the molecule is CC[C@@H](CO)[NH2+]Cc1cccc(OC)c1OC. The fraction of sp³-hybridized carbons (Fsp3) is 0.538. The third-order valence-corrected chi connectivity index (χ3v) is 2.91. The highest BCUT2D eigenvalue weighted by molar-refractivity contribution is 5.46. The van der Waals surface area contributed by atoms with Gasteiger partial charge in [-0.2, -0.15) is 0 Å². The first kappa shape index (κ1) is 13.8. The van der Waals surface area contributed by atoms with Crippen LogP contribution in [-0.2, 0) is 6.54 Å². The number of hydrogen-bond donors (Lipinski definition) is 2. The van der Waals surface area contributed by atoms with Crippen molar-refractivity contribution in [2.75, 3.05) is 20.8 Å². The van der Waals surface area contributed by atoms with Crippen molar-refractivity contribution in [1.29, 1.82) is 0 Å². The van der Waals surface area contributed by atoms with Gasteiger partial charge in [-0.25, -0.2) is 0 Å². The summed E-state index contributed by atoms with van der Waals surface area (Å²) in [4.78, 5) is 0. The molecule has 1 rings (SSSR count). The molecule has 0 aliphatic rings. The lowest BCUT2D eigenvalue weighted by Crippen LogP contribution is -2.89. The number of aliphatic hydroxyl groups excluding tert-OH is 1. The predicted octanol–water partition coefficient (Wildman–Crippen LogP) is 0.538. The van der Waals surface area contributed by atoms with E-state index in [0.29, 0.717) is 0 Å². The number of ether oxygens (including phenoxy) is 2. The van der Waals surface area contributed by atoms with Crippen LogP contribution in [0.1, 0.15) is 18.9 Å². The van der Waals surface area contributed by atoms with E-state index < -0.39 is 0 Å². The van der Waals surface area contributed by atoms with Crippen LogP contribution in [0.25, 0.3) is 0 Å². The molecule has 0 amide bonds. The summed E-state index contributed by atoms with van der Waals surface area (Å²) in [5, 5.41) is 11.3. The van der Waals surface area contributed by atoms with E-state index in [1.807, 2.05) is 18.2 Å². The maximum absolute atomic E-state index is 9.14. The number of methoxy groups -OCH3 is 2. The summed E-state index contributed by atoms with van der Waals surface area (Å²) in [5.41, 5.74) is 1.08. The second kappa shape index (κ2) is 7.14. The highest BCUT2D eigenvalue weighted by Gasteiger charge is 2.13. The normalized spacial score (nSPS) is 12.2. The Balaban J connectivity index is 2.76. The van der Waals surface area contributed by atoms with Gasteiger partial charge in [0.2, 0.25) is 0 Å². The van der Waals surface area contributed by atoms with Crippen LogP contribution in [0, 0.1) is 0 Å². The maximum atomic E-state index is 9.14. The van der Waals surface area contributed by atoms with Crippen molar-refractivity contribution in [3.05, 3.63) is 23.8 Å². The van der Waals surface area contributed by atoms with Gasteiger partial charge in [0.15, 0.2) is 11.5 Å². The lowest BCUT2D eigenvalue weighted by Gasteiger charge is -2.14. The quantitative estimate of drug-likeness (QED) is 0.731. The Bertz CT molecular complexity index is 337. The van der Waals surface area contributed by atoms with E-state index >= 15 is 0 Å². The molecule has 1 aromatic carbocycles. The average molecular weight is 240 g/mol. The fourth-order valence-electron chi connectivity index (χ4n) is 1.78. The fourth-order valence-corrected chi connectivity index (χ4v) is 1.78. The molecule has 4 nitrogen and oxygen atoms in total. The van der Waals surface area contributed by atoms with Gasteiger partial charge < -0.3 is 19.9 Å². The Kier molecular flexibility index (Phi) is 5.80. The van der Waals surface area contributed by atoms with E-state index in [1.54, 1.807) is 14.2 Å². The summed E-state index contributed by atoms with van der Waals surface area (Å²) < 4.78 is 10.6. The van der Waals surface area contributed by atoms with Crippen LogP contribution in [0.4, 0.5) is 0 Å². The van der Waals surface area contributed by atoms with E-state index in [4.69, 9.17) is 14.6 Å². The van der Waals surface area contributed by atoms with Crippen LogP contribution >= 0.6 is 0 Å². The Morgan fingerprint density at radius 1 is 1.29 bits per heavy atom. The number of para-hydroxylation sites is 1. The lowest BCUT2D eigenvalue weighted by molar-refractivity contribution is -0.706. The van der Waals surface area contributed by atoms with Gasteiger partial charge in [-0.1, -0.05) is 13.0 Å². The lowest BCUT2D eigenvalue weighted by atomic mass is 10.1. The van der Waals surface area contributed by atoms with Crippen molar-refractivity contribution in [3.63, 3.8) is 0 Å². The summed E-state index contributed by atoms with van der Waals surface area (Å²) in [7, 11) is 3.28. The average Bonchev–Trinajstić information content (AvgIpc) is 2.39. The van der Waals surface area contributed by atoms with Gasteiger partial charge in [0.25, 0.3) is 0 Å². The van der Waals surface area contributed by atoms with Crippen LogP contribution in [0.5, 0.6) is 11.5 Å². The third-order valence-electron chi connectivity index (χ3n) is 2.91. The smallest absolute Gasteiger partial charge is 0.169 e. The maximum Gasteiger partial charge on any atom is 0.169 e. The molecule has 0 heterocycles. The summed E-state index contributed by atoms with van der Waals surface area (Å²) in [5.74, 6) is 1.52. The Hall–Kier alpha value is -1.26. The molecule has 0 bridgehead atoms. The number of nitrogens with two attached hydrogens (primary N) is 1. The van der Waals surface area contributed by atoms with Crippen molar-refractivity contribution in [3.8, 4) is 11.5 Å². The largest absolute Gasteiger partial charge is 0.493 e. The van der Waals surface area contributed by atoms with E-state index in [-0.39, 0.29) is 12.6 Å². The second-order valence-electron chi connectivity index (χ2n) is 3.94. The van der Waals surface area contributed by atoms with Gasteiger partial charge in [-0.15, -0.1) is 0 Å². The molecular formula is C13H22NO3+. The van der Waals surface area contributed by atoms with Crippen LogP contribution in [0.15, 0.2) is 18.2 Å². The van der Waals surface area contributed by atoms with Crippen molar-refractivity contribution < 1.29 is 19.9 Å². The van der Waals surface area contributed by atoms with Crippen molar-refractivity contribution in [1.82, 2.24) is 0 Å². The van der Waals surface area contributed by atoms with Crippen LogP contribution in [0.2, 0.25) is 0 Å². The van der Waals surface area contributed by atoms with Gasteiger partial charge in [0, 0.05) is 0 Å². The van der Waals surface area contributed by atoms with Crippen LogP contribution in [0.3, 0.4) is 0 Å². The van der Waals surface area contributed by atoms with E-state index in [1.165, 1.54) is 0 Å². The minimum atomic E-state index is 0.197. The molecule has 0 spiro atoms. The first-order valence-corrected chi connectivity index (χ1v) is 5.90. The van der Waals surface area contributed by atoms with Gasteiger partial charge in [0.05, 0.1) is 26.4 Å². The molecule has 3 N–H and O–H groups in total. The molecule has 1 aromatic rings. The van der Waals surface area contributed by atoms with Crippen molar-refractivity contribution >= 4 is 0 Å². The van der Waals surface area contributed by atoms with E-state index in [0.717, 1.165) is 30.0 Å². The molecule has 0 saturated carbocycles. The molecule has 17 heavy (non-hydrogen) atoms. The Morgan fingerprint density at radius 2 is 2.06 bits per heavy atom. The molecule has 4 heteroatoms. The van der Waals surface area contributed by atoms with Gasteiger partial charge in [-0.3, -0.25) is 0 Å². The minimum absolute atomic E-state index is 0.197. The molecule has 0 aliphatic heterocycles. The molecule has 0 fully saturated rings. The molecule has 0 aliphatic carbocycles. The van der Waals surface area contributed by atoms with Crippen molar-refractivity contribution in [2.45, 2.75) is 25.9 Å². The first-order chi connectivity index (χ1) is 8.26. The molecule has 0 unspecified atom stereocenters. The summed E-state index contributed by atoms with van der Waals surface area (Å²) in [6, 6.07) is 6.09. The Morgan fingerprint density at radius 3 is 2.59 bits per heavy atom. The third kappa shape index (κ3) is 3.61. The monoisotopic (exact) mass is 240 g/mol. The highest BCUT2D eigenvalue weighted by atomic mass is 16.5. The molecule has 96 valence electrons. The molecular weight excluding hydrogens is 218 g/mol. The van der Waals surface area contributed by atoms with Crippen LogP contribution in [-0.4, -0.2) is 32.0 Å². The summed E-state index contributed by atoms with van der Waals surface area (Å²) in [6.45, 7) is 3.04. The molecule has 0 aromatic heterocycles. The number of benzene rings is 1. The second-order valence-corrected chi connectivity index (χ2v) is 3.94. The molecule has 0 saturated heterocycles. The van der Waals surface area contributed by atoms with Crippen molar-refractivity contribution in [2.24, 2.45) is 0 Å². The topological polar surface area (TPSA) is 55.3 Å². The zero-order valence-electron chi connectivity index (χ0n) is 10.8. The highest BCUT2D eigenvalue weighted by Crippen LogP contribution is 2.29. The van der Waals surface area contributed by atoms with E-state index in [2.05, 4.69) is 12.2 Å². The van der Waals surface area contributed by atoms with Gasteiger partial charge in [-0.05, 0) is 18.6 Å². The van der Waals surface area contributed by atoms with Gasteiger partial charge >= 0.3 is 0 Å². The minimum Gasteiger partial charge on any atom is -0.493 e. The summed E-state index contributed by atoms with van der Waals surface area (Å²) in [6.07, 6.45) is 0.947. The molecule has 0 radical (unpaired) electrons. The standard InChI is InChI=1S/C13H21NO3/c1-4-11(9-15)14-8-10-6-5-7-12(16-2)13(10)17-3/h5-7,11,14-15H,4,8-9H2,1-3H3/p+1/t11-/m0/s1. The van der Waals surface area contributed by atoms with Crippen LogP contribution < -0.4 is 14.8 Å².